The lowest BCUT2D eigenvalue weighted by Gasteiger charge is -2.30. The van der Waals surface area contributed by atoms with Gasteiger partial charge in [-0.15, -0.1) is 0 Å². The van der Waals surface area contributed by atoms with E-state index in [0.717, 1.165) is 11.8 Å². The molecule has 0 spiro atoms. The van der Waals surface area contributed by atoms with Gasteiger partial charge in [-0.05, 0) is 28.1 Å². The summed E-state index contributed by atoms with van der Waals surface area (Å²) in [6.07, 6.45) is 0. The molecule has 0 nitrogen and oxygen atoms in total. The van der Waals surface area contributed by atoms with Gasteiger partial charge in [-0.25, -0.2) is 0 Å². The van der Waals surface area contributed by atoms with Gasteiger partial charge in [0, 0.05) is 0 Å². The molecular formula is C13H26. The summed E-state index contributed by atoms with van der Waals surface area (Å²) in [5.41, 5.74) is 1.55. The lowest BCUT2D eigenvalue weighted by Crippen LogP contribution is -2.25. The molecule has 0 aromatic rings. The summed E-state index contributed by atoms with van der Waals surface area (Å²) in [7, 11) is 0. The third kappa shape index (κ3) is 0.877. The molecule has 0 saturated heterocycles. The minimum absolute atomic E-state index is 0.502. The highest BCUT2D eigenvalue weighted by atomic mass is 14.8. The third-order valence-corrected chi connectivity index (χ3v) is 5.39. The third-order valence-electron chi connectivity index (χ3n) is 5.39. The van der Waals surface area contributed by atoms with Crippen LogP contribution in [0.5, 0.6) is 0 Å². The predicted octanol–water partition coefficient (Wildman–Crippen LogP) is 4.35. The highest BCUT2D eigenvalue weighted by Crippen LogP contribution is 2.83. The largest absolute Gasteiger partial charge is 0.0622 e. The van der Waals surface area contributed by atoms with Crippen molar-refractivity contribution in [2.75, 3.05) is 0 Å². The molecule has 0 aromatic carbocycles. The SMILES string of the molecule is CC(C)C1(C(C)C)C(C)(C)C1(C)C. The molecule has 1 aliphatic rings. The molecule has 0 heterocycles. The Bertz CT molecular complexity index is 182. The quantitative estimate of drug-likeness (QED) is 0.595. The first-order valence-corrected chi connectivity index (χ1v) is 5.64. The summed E-state index contributed by atoms with van der Waals surface area (Å²) < 4.78 is 0. The van der Waals surface area contributed by atoms with E-state index in [1.54, 1.807) is 0 Å². The van der Waals surface area contributed by atoms with Crippen molar-refractivity contribution >= 4 is 0 Å². The van der Waals surface area contributed by atoms with Gasteiger partial charge in [0.1, 0.15) is 0 Å². The second kappa shape index (κ2) is 2.52. The van der Waals surface area contributed by atoms with Crippen LogP contribution in [0.3, 0.4) is 0 Å². The molecule has 13 heavy (non-hydrogen) atoms. The van der Waals surface area contributed by atoms with E-state index in [-0.39, 0.29) is 0 Å². The van der Waals surface area contributed by atoms with Crippen LogP contribution in [-0.2, 0) is 0 Å². The van der Waals surface area contributed by atoms with Crippen LogP contribution in [-0.4, -0.2) is 0 Å². The average molecular weight is 182 g/mol. The van der Waals surface area contributed by atoms with Crippen LogP contribution >= 0.6 is 0 Å². The van der Waals surface area contributed by atoms with Crippen LogP contribution in [0, 0.1) is 28.1 Å². The van der Waals surface area contributed by atoms with E-state index in [2.05, 4.69) is 55.4 Å². The smallest absolute Gasteiger partial charge is 0.0138 e. The van der Waals surface area contributed by atoms with Crippen molar-refractivity contribution in [2.24, 2.45) is 28.1 Å². The van der Waals surface area contributed by atoms with Crippen LogP contribution in [0.15, 0.2) is 0 Å². The summed E-state index contributed by atoms with van der Waals surface area (Å²) in [5.74, 6) is 1.58. The Morgan fingerprint density at radius 2 is 0.846 bits per heavy atom. The Kier molecular flexibility index (Phi) is 2.15. The Morgan fingerprint density at radius 1 is 0.615 bits per heavy atom. The Morgan fingerprint density at radius 3 is 0.846 bits per heavy atom. The minimum atomic E-state index is 0.502. The molecule has 0 N–H and O–H groups in total. The molecule has 78 valence electrons. The summed E-state index contributed by atoms with van der Waals surface area (Å²) in [6, 6.07) is 0. The monoisotopic (exact) mass is 182 g/mol. The Labute approximate surface area is 84.1 Å². The van der Waals surface area contributed by atoms with Gasteiger partial charge < -0.3 is 0 Å². The topological polar surface area (TPSA) is 0 Å². The summed E-state index contributed by atoms with van der Waals surface area (Å²) in [5, 5.41) is 0. The van der Waals surface area contributed by atoms with Crippen molar-refractivity contribution in [3.63, 3.8) is 0 Å². The van der Waals surface area contributed by atoms with Crippen molar-refractivity contribution in [2.45, 2.75) is 55.4 Å². The summed E-state index contributed by atoms with van der Waals surface area (Å²) >= 11 is 0. The highest BCUT2D eigenvalue weighted by molar-refractivity contribution is 5.25. The lowest BCUT2D eigenvalue weighted by atomic mass is 9.74. The molecule has 0 unspecified atom stereocenters. The molecule has 1 saturated carbocycles. The average Bonchev–Trinajstić information content (AvgIpc) is 2.18. The molecule has 1 aliphatic carbocycles. The highest BCUT2D eigenvalue weighted by Gasteiger charge is 2.78. The van der Waals surface area contributed by atoms with E-state index in [1.165, 1.54) is 0 Å². The van der Waals surface area contributed by atoms with E-state index < -0.39 is 0 Å². The van der Waals surface area contributed by atoms with E-state index in [0.29, 0.717) is 16.2 Å². The molecule has 1 rings (SSSR count). The van der Waals surface area contributed by atoms with Crippen LogP contribution in [0.4, 0.5) is 0 Å². The normalized spacial score (nSPS) is 28.2. The van der Waals surface area contributed by atoms with E-state index in [1.807, 2.05) is 0 Å². The number of hydrogen-bond donors (Lipinski definition) is 0. The first kappa shape index (κ1) is 11.1. The van der Waals surface area contributed by atoms with Gasteiger partial charge in [0.15, 0.2) is 0 Å². The zero-order valence-corrected chi connectivity index (χ0v) is 10.7. The van der Waals surface area contributed by atoms with E-state index in [4.69, 9.17) is 0 Å². The van der Waals surface area contributed by atoms with E-state index in [9.17, 15) is 0 Å². The molecule has 0 radical (unpaired) electrons. The van der Waals surface area contributed by atoms with Gasteiger partial charge >= 0.3 is 0 Å². The lowest BCUT2D eigenvalue weighted by molar-refractivity contribution is 0.175. The zero-order chi connectivity index (χ0) is 10.7. The van der Waals surface area contributed by atoms with Gasteiger partial charge in [0.25, 0.3) is 0 Å². The number of rotatable bonds is 2. The molecule has 0 atom stereocenters. The maximum atomic E-state index is 2.44. The first-order valence-electron chi connectivity index (χ1n) is 5.64. The van der Waals surface area contributed by atoms with Gasteiger partial charge in [0.2, 0.25) is 0 Å². The van der Waals surface area contributed by atoms with Gasteiger partial charge in [0.05, 0.1) is 0 Å². The van der Waals surface area contributed by atoms with Crippen molar-refractivity contribution in [3.8, 4) is 0 Å². The summed E-state index contributed by atoms with van der Waals surface area (Å²) in [4.78, 5) is 0. The van der Waals surface area contributed by atoms with Crippen LogP contribution in [0.1, 0.15) is 55.4 Å². The molecular weight excluding hydrogens is 156 g/mol. The maximum absolute atomic E-state index is 2.44. The first-order chi connectivity index (χ1) is 5.64. The van der Waals surface area contributed by atoms with Gasteiger partial charge in [-0.3, -0.25) is 0 Å². The van der Waals surface area contributed by atoms with E-state index >= 15 is 0 Å². The van der Waals surface area contributed by atoms with Crippen LogP contribution in [0.2, 0.25) is 0 Å². The molecule has 0 amide bonds. The molecule has 0 aromatic heterocycles. The molecule has 0 bridgehead atoms. The summed E-state index contributed by atoms with van der Waals surface area (Å²) in [6.45, 7) is 19.3. The predicted molar refractivity (Wildman–Crippen MR) is 59.7 cm³/mol. The molecule has 0 heteroatoms. The Balaban J connectivity index is 3.13. The molecule has 1 fully saturated rings. The zero-order valence-electron chi connectivity index (χ0n) is 10.7. The second-order valence-corrected chi connectivity index (χ2v) is 6.43. The van der Waals surface area contributed by atoms with Crippen molar-refractivity contribution in [3.05, 3.63) is 0 Å². The fraction of sp³-hybridized carbons (Fsp3) is 1.00. The fourth-order valence-electron chi connectivity index (χ4n) is 4.95. The standard InChI is InChI=1S/C13H26/c1-9(2)13(10(3)4)11(5,6)12(13,7)8/h9-10H,1-8H3. The minimum Gasteiger partial charge on any atom is -0.0622 e. The van der Waals surface area contributed by atoms with Crippen LogP contribution in [0.25, 0.3) is 0 Å². The second-order valence-electron chi connectivity index (χ2n) is 6.43. The van der Waals surface area contributed by atoms with Crippen LogP contribution < -0.4 is 0 Å². The number of hydrogen-bond acceptors (Lipinski definition) is 0. The van der Waals surface area contributed by atoms with Gasteiger partial charge in [-0.1, -0.05) is 55.4 Å². The van der Waals surface area contributed by atoms with Crippen molar-refractivity contribution in [1.29, 1.82) is 0 Å². The van der Waals surface area contributed by atoms with Gasteiger partial charge in [-0.2, -0.15) is 0 Å². The van der Waals surface area contributed by atoms with Crippen molar-refractivity contribution < 1.29 is 0 Å². The Hall–Kier alpha value is 0. The molecule has 0 aliphatic heterocycles. The van der Waals surface area contributed by atoms with Crippen molar-refractivity contribution in [1.82, 2.24) is 0 Å². The fourth-order valence-corrected chi connectivity index (χ4v) is 4.95. The maximum Gasteiger partial charge on any atom is -0.0138 e.